The largest absolute Gasteiger partial charge is 0.343 e. The molecule has 0 fully saturated rings. The van der Waals surface area contributed by atoms with Crippen LogP contribution >= 0.6 is 0 Å². The molecule has 0 aliphatic rings. The molecule has 0 unspecified atom stereocenters. The van der Waals surface area contributed by atoms with Crippen molar-refractivity contribution in [3.05, 3.63) is 63.6 Å². The standard InChI is InChI=1S/C15H14FN3O/c1-9-7-12-14(17-9)18-10(2)19(15(12)20)8-11-5-3-4-6-13(11)16/h3-7,17H,8H2,1-2H3. The van der Waals surface area contributed by atoms with Crippen LogP contribution in [-0.2, 0) is 6.54 Å². The molecule has 3 rings (SSSR count). The average molecular weight is 271 g/mol. The van der Waals surface area contributed by atoms with E-state index in [1.165, 1.54) is 10.6 Å². The van der Waals surface area contributed by atoms with Gasteiger partial charge in [-0.05, 0) is 26.0 Å². The second kappa shape index (κ2) is 4.59. The Hall–Kier alpha value is -2.43. The molecule has 4 nitrogen and oxygen atoms in total. The minimum atomic E-state index is -0.316. The van der Waals surface area contributed by atoms with E-state index in [0.29, 0.717) is 22.4 Å². The van der Waals surface area contributed by atoms with Gasteiger partial charge in [-0.3, -0.25) is 9.36 Å². The zero-order valence-electron chi connectivity index (χ0n) is 11.3. The number of rotatable bonds is 2. The number of nitrogens with one attached hydrogen (secondary N) is 1. The summed E-state index contributed by atoms with van der Waals surface area (Å²) in [5.41, 5.74) is 1.79. The highest BCUT2D eigenvalue weighted by Gasteiger charge is 2.11. The van der Waals surface area contributed by atoms with Gasteiger partial charge in [-0.25, -0.2) is 9.37 Å². The van der Waals surface area contributed by atoms with Gasteiger partial charge < -0.3 is 4.98 Å². The summed E-state index contributed by atoms with van der Waals surface area (Å²) < 4.78 is 15.2. The molecule has 0 atom stereocenters. The molecule has 0 radical (unpaired) electrons. The summed E-state index contributed by atoms with van der Waals surface area (Å²) in [6, 6.07) is 8.22. The lowest BCUT2D eigenvalue weighted by Gasteiger charge is -2.10. The fourth-order valence-corrected chi connectivity index (χ4v) is 2.32. The topological polar surface area (TPSA) is 50.7 Å². The normalized spacial score (nSPS) is 11.2. The molecule has 2 heterocycles. The Morgan fingerprint density at radius 1 is 1.30 bits per heavy atom. The summed E-state index contributed by atoms with van der Waals surface area (Å²) >= 11 is 0. The van der Waals surface area contributed by atoms with Crippen molar-refractivity contribution in [2.24, 2.45) is 0 Å². The first-order chi connectivity index (χ1) is 9.56. The van der Waals surface area contributed by atoms with Gasteiger partial charge in [-0.2, -0.15) is 0 Å². The van der Waals surface area contributed by atoms with Gasteiger partial charge in [0.15, 0.2) is 0 Å². The van der Waals surface area contributed by atoms with Crippen molar-refractivity contribution in [1.29, 1.82) is 0 Å². The molecular formula is C15H14FN3O. The Bertz CT molecular complexity index is 848. The van der Waals surface area contributed by atoms with E-state index < -0.39 is 0 Å². The van der Waals surface area contributed by atoms with Crippen molar-refractivity contribution in [2.75, 3.05) is 0 Å². The fourth-order valence-electron chi connectivity index (χ4n) is 2.32. The Morgan fingerprint density at radius 3 is 2.80 bits per heavy atom. The van der Waals surface area contributed by atoms with E-state index >= 15 is 0 Å². The van der Waals surface area contributed by atoms with E-state index in [1.54, 1.807) is 31.2 Å². The van der Waals surface area contributed by atoms with Crippen LogP contribution in [0.1, 0.15) is 17.1 Å². The quantitative estimate of drug-likeness (QED) is 0.778. The molecule has 2 aromatic heterocycles. The third-order valence-corrected chi connectivity index (χ3v) is 3.36. The summed E-state index contributed by atoms with van der Waals surface area (Å²) in [6.07, 6.45) is 0. The lowest BCUT2D eigenvalue weighted by molar-refractivity contribution is 0.591. The van der Waals surface area contributed by atoms with Crippen LogP contribution in [0.3, 0.4) is 0 Å². The van der Waals surface area contributed by atoms with Crippen LogP contribution in [0.15, 0.2) is 35.1 Å². The first kappa shape index (κ1) is 12.6. The lowest BCUT2D eigenvalue weighted by Crippen LogP contribution is -2.24. The lowest BCUT2D eigenvalue weighted by atomic mass is 10.2. The van der Waals surface area contributed by atoms with Crippen LogP contribution in [0.2, 0.25) is 0 Å². The second-order valence-electron chi connectivity index (χ2n) is 4.86. The maximum atomic E-state index is 13.7. The van der Waals surface area contributed by atoms with Crippen molar-refractivity contribution in [3.8, 4) is 0 Å². The Morgan fingerprint density at radius 2 is 2.05 bits per heavy atom. The van der Waals surface area contributed by atoms with Gasteiger partial charge in [-0.1, -0.05) is 18.2 Å². The van der Waals surface area contributed by atoms with Gasteiger partial charge in [0.1, 0.15) is 17.3 Å². The smallest absolute Gasteiger partial charge is 0.263 e. The number of fused-ring (bicyclic) bond motifs is 1. The van der Waals surface area contributed by atoms with Crippen molar-refractivity contribution >= 4 is 11.0 Å². The molecule has 102 valence electrons. The molecule has 20 heavy (non-hydrogen) atoms. The number of hydrogen-bond donors (Lipinski definition) is 1. The van der Waals surface area contributed by atoms with Gasteiger partial charge in [0.25, 0.3) is 5.56 Å². The van der Waals surface area contributed by atoms with Crippen LogP contribution < -0.4 is 5.56 Å². The monoisotopic (exact) mass is 271 g/mol. The number of hydrogen-bond acceptors (Lipinski definition) is 2. The van der Waals surface area contributed by atoms with Crippen LogP contribution in [0.25, 0.3) is 11.0 Å². The van der Waals surface area contributed by atoms with E-state index in [9.17, 15) is 9.18 Å². The molecule has 3 aromatic rings. The SMILES string of the molecule is Cc1cc2c(=O)n(Cc3ccccc3F)c(C)nc2[nH]1. The molecule has 1 aromatic carbocycles. The highest BCUT2D eigenvalue weighted by Crippen LogP contribution is 2.12. The van der Waals surface area contributed by atoms with Crippen molar-refractivity contribution in [3.63, 3.8) is 0 Å². The summed E-state index contributed by atoms with van der Waals surface area (Å²) in [6.45, 7) is 3.81. The summed E-state index contributed by atoms with van der Waals surface area (Å²) in [5, 5.41) is 0.532. The number of aromatic nitrogens is 3. The predicted molar refractivity (Wildman–Crippen MR) is 75.3 cm³/mol. The number of H-pyrrole nitrogens is 1. The Labute approximate surface area is 114 Å². The molecule has 0 saturated heterocycles. The third kappa shape index (κ3) is 2.01. The fraction of sp³-hybridized carbons (Fsp3) is 0.200. The maximum absolute atomic E-state index is 13.7. The van der Waals surface area contributed by atoms with E-state index in [4.69, 9.17) is 0 Å². The maximum Gasteiger partial charge on any atom is 0.263 e. The third-order valence-electron chi connectivity index (χ3n) is 3.36. The molecule has 0 spiro atoms. The van der Waals surface area contributed by atoms with Crippen LogP contribution in [0.4, 0.5) is 4.39 Å². The summed E-state index contributed by atoms with van der Waals surface area (Å²) in [4.78, 5) is 19.9. The van der Waals surface area contributed by atoms with Crippen molar-refractivity contribution < 1.29 is 4.39 Å². The summed E-state index contributed by atoms with van der Waals surface area (Å²) in [5.74, 6) is 0.247. The van der Waals surface area contributed by atoms with E-state index in [1.807, 2.05) is 6.92 Å². The minimum absolute atomic E-state index is 0.153. The molecule has 1 N–H and O–H groups in total. The van der Waals surface area contributed by atoms with Crippen molar-refractivity contribution in [1.82, 2.24) is 14.5 Å². The van der Waals surface area contributed by atoms with Crippen molar-refractivity contribution in [2.45, 2.75) is 20.4 Å². The Kier molecular flexibility index (Phi) is 2.89. The highest BCUT2D eigenvalue weighted by atomic mass is 19.1. The number of nitrogens with zero attached hydrogens (tertiary/aromatic N) is 2. The van der Waals surface area contributed by atoms with E-state index in [2.05, 4.69) is 9.97 Å². The van der Waals surface area contributed by atoms with Gasteiger partial charge in [0, 0.05) is 11.3 Å². The minimum Gasteiger partial charge on any atom is -0.343 e. The van der Waals surface area contributed by atoms with Gasteiger partial charge in [0.2, 0.25) is 0 Å². The first-order valence-corrected chi connectivity index (χ1v) is 6.36. The number of halogens is 1. The second-order valence-corrected chi connectivity index (χ2v) is 4.86. The number of benzene rings is 1. The molecule has 0 aliphatic carbocycles. The molecule has 0 bridgehead atoms. The zero-order chi connectivity index (χ0) is 14.3. The molecule has 0 aliphatic heterocycles. The van der Waals surface area contributed by atoms with Gasteiger partial charge in [0.05, 0.1) is 11.9 Å². The number of aromatic amines is 1. The zero-order valence-corrected chi connectivity index (χ0v) is 11.3. The molecule has 5 heteroatoms. The average Bonchev–Trinajstić information content (AvgIpc) is 2.77. The highest BCUT2D eigenvalue weighted by molar-refractivity contribution is 5.75. The van der Waals surface area contributed by atoms with Gasteiger partial charge >= 0.3 is 0 Å². The Balaban J connectivity index is 2.17. The number of aryl methyl sites for hydroxylation is 2. The van der Waals surface area contributed by atoms with E-state index in [-0.39, 0.29) is 17.9 Å². The molecule has 0 saturated carbocycles. The molecule has 0 amide bonds. The summed E-state index contributed by atoms with van der Waals surface area (Å²) in [7, 11) is 0. The van der Waals surface area contributed by atoms with E-state index in [0.717, 1.165) is 5.69 Å². The van der Waals surface area contributed by atoms with Gasteiger partial charge in [-0.15, -0.1) is 0 Å². The van der Waals surface area contributed by atoms with Crippen LogP contribution in [-0.4, -0.2) is 14.5 Å². The van der Waals surface area contributed by atoms with Crippen LogP contribution in [0, 0.1) is 19.7 Å². The predicted octanol–water partition coefficient (Wildman–Crippen LogP) is 2.53. The van der Waals surface area contributed by atoms with Crippen LogP contribution in [0.5, 0.6) is 0 Å². The first-order valence-electron chi connectivity index (χ1n) is 6.36. The molecular weight excluding hydrogens is 257 g/mol.